The molecule has 4 aromatic rings. The Hall–Kier alpha value is -3.48. The van der Waals surface area contributed by atoms with E-state index in [1.807, 2.05) is 31.2 Å². The lowest BCUT2D eigenvalue weighted by Crippen LogP contribution is -2.52. The molecule has 1 fully saturated rings. The topological polar surface area (TPSA) is 77.7 Å². The molecule has 1 saturated heterocycles. The molecule has 3 aromatic heterocycles. The summed E-state index contributed by atoms with van der Waals surface area (Å²) in [6, 6.07) is 12.5. The monoisotopic (exact) mass is 389 g/mol. The first-order valence-electron chi connectivity index (χ1n) is 9.64. The van der Waals surface area contributed by atoms with E-state index in [4.69, 9.17) is 0 Å². The van der Waals surface area contributed by atoms with Crippen molar-refractivity contribution in [1.29, 1.82) is 0 Å². The highest BCUT2D eigenvalue weighted by molar-refractivity contribution is 5.98. The van der Waals surface area contributed by atoms with Crippen LogP contribution in [0.3, 0.4) is 0 Å². The van der Waals surface area contributed by atoms with Crippen molar-refractivity contribution >= 4 is 16.9 Å². The maximum atomic E-state index is 14.0. The molecular formula is C22H20FN5O. The van der Waals surface area contributed by atoms with Crippen molar-refractivity contribution in [2.24, 2.45) is 0 Å². The second kappa shape index (κ2) is 6.84. The summed E-state index contributed by atoms with van der Waals surface area (Å²) in [6.45, 7) is 2.62. The Labute approximate surface area is 166 Å². The van der Waals surface area contributed by atoms with E-state index in [1.54, 1.807) is 23.2 Å². The Morgan fingerprint density at radius 2 is 2.14 bits per heavy atom. The number of nitrogens with zero attached hydrogens (tertiary/aromatic N) is 3. The molecule has 0 saturated carbocycles. The minimum Gasteiger partial charge on any atom is -0.335 e. The van der Waals surface area contributed by atoms with Crippen molar-refractivity contribution in [2.45, 2.75) is 25.8 Å². The van der Waals surface area contributed by atoms with Gasteiger partial charge in [-0.3, -0.25) is 9.89 Å². The number of benzene rings is 1. The Balaban J connectivity index is 1.38. The molecule has 29 heavy (non-hydrogen) atoms. The smallest absolute Gasteiger partial charge is 0.270 e. The van der Waals surface area contributed by atoms with Crippen LogP contribution < -0.4 is 0 Å². The molecule has 1 amide bonds. The fourth-order valence-corrected chi connectivity index (χ4v) is 3.87. The number of hydrogen-bond acceptors (Lipinski definition) is 3. The van der Waals surface area contributed by atoms with Gasteiger partial charge < -0.3 is 9.88 Å². The van der Waals surface area contributed by atoms with Crippen LogP contribution in [0.1, 0.15) is 28.2 Å². The number of aromatic nitrogens is 4. The van der Waals surface area contributed by atoms with E-state index in [2.05, 4.69) is 20.2 Å². The quantitative estimate of drug-likeness (QED) is 0.556. The summed E-state index contributed by atoms with van der Waals surface area (Å²) in [5, 5.41) is 7.83. The van der Waals surface area contributed by atoms with E-state index in [9.17, 15) is 9.18 Å². The van der Waals surface area contributed by atoms with Crippen molar-refractivity contribution in [3.63, 3.8) is 0 Å². The Bertz CT molecular complexity index is 1210. The number of amides is 1. The Morgan fingerprint density at radius 3 is 2.86 bits per heavy atom. The summed E-state index contributed by atoms with van der Waals surface area (Å²) in [7, 11) is 0. The maximum Gasteiger partial charge on any atom is 0.270 e. The molecule has 0 aliphatic carbocycles. The van der Waals surface area contributed by atoms with Gasteiger partial charge in [0.05, 0.1) is 11.9 Å². The van der Waals surface area contributed by atoms with Crippen molar-refractivity contribution in [3.8, 4) is 11.3 Å². The highest BCUT2D eigenvalue weighted by Gasteiger charge is 2.34. The Kier molecular flexibility index (Phi) is 4.16. The number of likely N-dealkylation sites (tertiary alicyclic amines) is 1. The SMILES string of the molecule is Cc1[nH]ncc1-c1ccc2cc(C(=O)N3CC[C@@H]3Cc3ccccc3F)[nH]c2n1. The zero-order chi connectivity index (χ0) is 20.0. The average molecular weight is 389 g/mol. The fourth-order valence-electron chi connectivity index (χ4n) is 3.87. The minimum absolute atomic E-state index is 0.0166. The van der Waals surface area contributed by atoms with E-state index in [1.165, 1.54) is 6.07 Å². The van der Waals surface area contributed by atoms with Crippen LogP contribution in [0, 0.1) is 12.7 Å². The van der Waals surface area contributed by atoms with Gasteiger partial charge in [-0.05, 0) is 49.6 Å². The van der Waals surface area contributed by atoms with E-state index >= 15 is 0 Å². The number of fused-ring (bicyclic) bond motifs is 1. The Morgan fingerprint density at radius 1 is 1.28 bits per heavy atom. The molecule has 0 spiro atoms. The highest BCUT2D eigenvalue weighted by atomic mass is 19.1. The number of aromatic amines is 2. The maximum absolute atomic E-state index is 14.0. The molecule has 146 valence electrons. The predicted molar refractivity (Wildman–Crippen MR) is 108 cm³/mol. The first-order chi connectivity index (χ1) is 14.1. The van der Waals surface area contributed by atoms with Crippen LogP contribution in [0.2, 0.25) is 0 Å². The molecule has 5 rings (SSSR count). The largest absolute Gasteiger partial charge is 0.335 e. The second-order valence-corrected chi connectivity index (χ2v) is 7.46. The van der Waals surface area contributed by atoms with Gasteiger partial charge in [0.25, 0.3) is 5.91 Å². The van der Waals surface area contributed by atoms with Crippen molar-refractivity contribution < 1.29 is 9.18 Å². The standard InChI is InChI=1S/C22H20FN5O/c1-13-17(12-24-27-13)19-7-6-15-11-20(26-21(15)25-19)22(29)28-9-8-16(28)10-14-4-2-3-5-18(14)23/h2-7,11-12,16H,8-10H2,1H3,(H,24,27)(H,25,26)/t16-/m1/s1. The summed E-state index contributed by atoms with van der Waals surface area (Å²) < 4.78 is 14.0. The van der Waals surface area contributed by atoms with Crippen LogP contribution in [0.5, 0.6) is 0 Å². The summed E-state index contributed by atoms with van der Waals surface area (Å²) >= 11 is 0. The van der Waals surface area contributed by atoms with Crippen molar-refractivity contribution in [2.75, 3.05) is 6.54 Å². The molecule has 7 heteroatoms. The third kappa shape index (κ3) is 3.08. The van der Waals surface area contributed by atoms with Gasteiger partial charge in [-0.1, -0.05) is 18.2 Å². The molecule has 1 aliphatic rings. The summed E-state index contributed by atoms with van der Waals surface area (Å²) in [6.07, 6.45) is 3.15. The van der Waals surface area contributed by atoms with Crippen LogP contribution >= 0.6 is 0 Å². The minimum atomic E-state index is -0.219. The van der Waals surface area contributed by atoms with Gasteiger partial charge in [0.15, 0.2) is 0 Å². The summed E-state index contributed by atoms with van der Waals surface area (Å²) in [4.78, 5) is 22.6. The molecule has 0 unspecified atom stereocenters. The lowest BCUT2D eigenvalue weighted by Gasteiger charge is -2.41. The third-order valence-electron chi connectivity index (χ3n) is 5.63. The van der Waals surface area contributed by atoms with Gasteiger partial charge in [0, 0.05) is 29.2 Å². The predicted octanol–water partition coefficient (Wildman–Crippen LogP) is 3.86. The van der Waals surface area contributed by atoms with Crippen LogP contribution in [0.4, 0.5) is 4.39 Å². The number of H-pyrrole nitrogens is 2. The fraction of sp³-hybridized carbons (Fsp3) is 0.227. The molecule has 0 radical (unpaired) electrons. The normalized spacial score (nSPS) is 16.2. The van der Waals surface area contributed by atoms with Crippen LogP contribution in [-0.2, 0) is 6.42 Å². The van der Waals surface area contributed by atoms with E-state index in [-0.39, 0.29) is 17.8 Å². The number of aryl methyl sites for hydroxylation is 1. The first-order valence-corrected chi connectivity index (χ1v) is 9.64. The molecule has 1 aliphatic heterocycles. The number of rotatable bonds is 4. The number of pyridine rings is 1. The molecular weight excluding hydrogens is 369 g/mol. The van der Waals surface area contributed by atoms with Gasteiger partial charge in [0.1, 0.15) is 17.2 Å². The number of halogens is 1. The lowest BCUT2D eigenvalue weighted by molar-refractivity contribution is 0.0457. The molecule has 2 N–H and O–H groups in total. The van der Waals surface area contributed by atoms with Gasteiger partial charge in [-0.25, -0.2) is 9.37 Å². The average Bonchev–Trinajstić information content (AvgIpc) is 3.31. The molecule has 4 heterocycles. The van der Waals surface area contributed by atoms with Crippen LogP contribution in [0.25, 0.3) is 22.3 Å². The zero-order valence-corrected chi connectivity index (χ0v) is 15.9. The first kappa shape index (κ1) is 17.6. The molecule has 1 aromatic carbocycles. The summed E-state index contributed by atoms with van der Waals surface area (Å²) in [5.41, 5.74) is 4.49. The third-order valence-corrected chi connectivity index (χ3v) is 5.63. The van der Waals surface area contributed by atoms with E-state index < -0.39 is 0 Å². The van der Waals surface area contributed by atoms with Gasteiger partial charge in [0.2, 0.25) is 0 Å². The lowest BCUT2D eigenvalue weighted by atomic mass is 9.94. The highest BCUT2D eigenvalue weighted by Crippen LogP contribution is 2.27. The molecule has 6 nitrogen and oxygen atoms in total. The van der Waals surface area contributed by atoms with Crippen molar-refractivity contribution in [1.82, 2.24) is 25.1 Å². The van der Waals surface area contributed by atoms with Gasteiger partial charge in [-0.15, -0.1) is 0 Å². The number of carbonyl (C=O) groups is 1. The van der Waals surface area contributed by atoms with Gasteiger partial charge in [-0.2, -0.15) is 5.10 Å². The van der Waals surface area contributed by atoms with E-state index in [0.717, 1.165) is 28.8 Å². The molecule has 0 bridgehead atoms. The van der Waals surface area contributed by atoms with E-state index in [0.29, 0.717) is 29.9 Å². The zero-order valence-electron chi connectivity index (χ0n) is 15.9. The number of nitrogens with one attached hydrogen (secondary N) is 2. The number of carbonyl (C=O) groups excluding carboxylic acids is 1. The van der Waals surface area contributed by atoms with Crippen LogP contribution in [0.15, 0.2) is 48.7 Å². The second-order valence-electron chi connectivity index (χ2n) is 7.46. The molecule has 1 atom stereocenters. The van der Waals surface area contributed by atoms with Gasteiger partial charge >= 0.3 is 0 Å². The van der Waals surface area contributed by atoms with Crippen molar-refractivity contribution in [3.05, 3.63) is 71.4 Å². The van der Waals surface area contributed by atoms with Crippen LogP contribution in [-0.4, -0.2) is 43.6 Å². The number of hydrogen-bond donors (Lipinski definition) is 2. The summed E-state index contributed by atoms with van der Waals surface area (Å²) in [5.74, 6) is -0.291.